The summed E-state index contributed by atoms with van der Waals surface area (Å²) in [5.74, 6) is -0.633. The van der Waals surface area contributed by atoms with E-state index < -0.39 is 0 Å². The Morgan fingerprint density at radius 2 is 2.30 bits per heavy atom. The van der Waals surface area contributed by atoms with Gasteiger partial charge in [-0.25, -0.2) is 0 Å². The normalized spacial score (nSPS) is 16.6. The van der Waals surface area contributed by atoms with Gasteiger partial charge in [-0.05, 0) is 6.42 Å². The van der Waals surface area contributed by atoms with Crippen LogP contribution in [0.2, 0.25) is 0 Å². The predicted molar refractivity (Wildman–Crippen MR) is 36.0 cm³/mol. The number of rotatable bonds is 2. The molecule has 0 aromatic heterocycles. The molecule has 0 radical (unpaired) electrons. The third-order valence-corrected chi connectivity index (χ3v) is 1.20. The van der Waals surface area contributed by atoms with E-state index in [1.54, 1.807) is 6.08 Å². The van der Waals surface area contributed by atoms with Gasteiger partial charge in [0.1, 0.15) is 0 Å². The van der Waals surface area contributed by atoms with Crippen molar-refractivity contribution in [2.24, 2.45) is 0 Å². The van der Waals surface area contributed by atoms with E-state index in [-0.39, 0.29) is 11.8 Å². The molecule has 0 bridgehead atoms. The molecule has 1 N–H and O–H groups in total. The van der Waals surface area contributed by atoms with E-state index >= 15 is 0 Å². The summed E-state index contributed by atoms with van der Waals surface area (Å²) in [5.41, 5.74) is 0.486. The number of amides is 2. The zero-order valence-electron chi connectivity index (χ0n) is 5.39. The second kappa shape index (κ2) is 2.47. The predicted octanol–water partition coefficient (Wildman–Crippen LogP) is 0.145. The lowest BCUT2D eigenvalue weighted by Crippen LogP contribution is -2.21. The van der Waals surface area contributed by atoms with E-state index in [1.807, 2.05) is 0 Å². The molecule has 0 spiro atoms. The Labute approximate surface area is 58.4 Å². The standard InChI is InChI=1S/C7H7NO2/c1-2-3-5-4-6(9)8-7(5)10/h2,4H,1,3H2,(H,8,9,10). The lowest BCUT2D eigenvalue weighted by atomic mass is 10.2. The largest absolute Gasteiger partial charge is 0.289 e. The molecule has 1 aliphatic heterocycles. The van der Waals surface area contributed by atoms with Crippen LogP contribution >= 0.6 is 0 Å². The number of nitrogens with one attached hydrogen (secondary N) is 1. The van der Waals surface area contributed by atoms with Gasteiger partial charge < -0.3 is 0 Å². The minimum absolute atomic E-state index is 0.301. The van der Waals surface area contributed by atoms with E-state index in [2.05, 4.69) is 11.9 Å². The van der Waals surface area contributed by atoms with Crippen LogP contribution < -0.4 is 5.32 Å². The van der Waals surface area contributed by atoms with Crippen LogP contribution in [-0.4, -0.2) is 11.8 Å². The van der Waals surface area contributed by atoms with Crippen molar-refractivity contribution in [3.63, 3.8) is 0 Å². The Bertz CT molecular complexity index is 228. The van der Waals surface area contributed by atoms with Crippen LogP contribution in [0.1, 0.15) is 6.42 Å². The summed E-state index contributed by atoms with van der Waals surface area (Å²) in [7, 11) is 0. The number of imide groups is 1. The fourth-order valence-electron chi connectivity index (χ4n) is 0.759. The summed E-state index contributed by atoms with van der Waals surface area (Å²) in [5, 5.41) is 2.13. The number of carbonyl (C=O) groups excluding carboxylic acids is 2. The van der Waals surface area contributed by atoms with Crippen molar-refractivity contribution in [3.05, 3.63) is 24.3 Å². The lowest BCUT2D eigenvalue weighted by molar-refractivity contribution is -0.123. The highest BCUT2D eigenvalue weighted by Gasteiger charge is 2.18. The van der Waals surface area contributed by atoms with Gasteiger partial charge >= 0.3 is 0 Å². The van der Waals surface area contributed by atoms with Crippen LogP contribution in [-0.2, 0) is 9.59 Å². The molecule has 1 rings (SSSR count). The van der Waals surface area contributed by atoms with Gasteiger partial charge in [-0.1, -0.05) is 6.08 Å². The molecule has 0 fully saturated rings. The summed E-state index contributed by atoms with van der Waals surface area (Å²) < 4.78 is 0. The number of hydrogen-bond acceptors (Lipinski definition) is 2. The second-order valence-corrected chi connectivity index (χ2v) is 1.98. The number of carbonyl (C=O) groups is 2. The highest BCUT2D eigenvalue weighted by atomic mass is 16.2. The SMILES string of the molecule is C=CCC1=CC(=O)NC1=O. The molecule has 0 unspecified atom stereocenters. The minimum atomic E-state index is -0.332. The van der Waals surface area contributed by atoms with Crippen molar-refractivity contribution in [1.82, 2.24) is 5.32 Å². The molecule has 3 heteroatoms. The maximum absolute atomic E-state index is 10.7. The van der Waals surface area contributed by atoms with Crippen molar-refractivity contribution < 1.29 is 9.59 Å². The van der Waals surface area contributed by atoms with E-state index in [0.717, 1.165) is 0 Å². The Balaban J connectivity index is 2.74. The molecule has 0 aliphatic carbocycles. The summed E-state index contributed by atoms with van der Waals surface area (Å²) >= 11 is 0. The van der Waals surface area contributed by atoms with E-state index in [9.17, 15) is 9.59 Å². The maximum Gasteiger partial charge on any atom is 0.254 e. The van der Waals surface area contributed by atoms with Gasteiger partial charge in [0.15, 0.2) is 0 Å². The van der Waals surface area contributed by atoms with Crippen molar-refractivity contribution in [2.75, 3.05) is 0 Å². The van der Waals surface area contributed by atoms with Gasteiger partial charge in [0.25, 0.3) is 11.8 Å². The molecule has 52 valence electrons. The Morgan fingerprint density at radius 1 is 1.60 bits per heavy atom. The molecule has 0 atom stereocenters. The highest BCUT2D eigenvalue weighted by Crippen LogP contribution is 2.06. The van der Waals surface area contributed by atoms with Gasteiger partial charge in [-0.3, -0.25) is 14.9 Å². The smallest absolute Gasteiger partial charge is 0.254 e. The molecule has 0 saturated heterocycles. The van der Waals surface area contributed by atoms with Crippen LogP contribution in [0.4, 0.5) is 0 Å². The third kappa shape index (κ3) is 1.13. The molecular formula is C7H7NO2. The van der Waals surface area contributed by atoms with Crippen LogP contribution in [0.25, 0.3) is 0 Å². The van der Waals surface area contributed by atoms with Gasteiger partial charge in [-0.15, -0.1) is 6.58 Å². The molecule has 0 saturated carbocycles. The summed E-state index contributed by atoms with van der Waals surface area (Å²) in [6.45, 7) is 3.45. The second-order valence-electron chi connectivity index (χ2n) is 1.98. The van der Waals surface area contributed by atoms with Crippen LogP contribution in [0, 0.1) is 0 Å². The lowest BCUT2D eigenvalue weighted by Gasteiger charge is -1.90. The summed E-state index contributed by atoms with van der Waals surface area (Å²) in [6, 6.07) is 0. The van der Waals surface area contributed by atoms with Gasteiger partial charge in [0, 0.05) is 11.6 Å². The van der Waals surface area contributed by atoms with E-state index in [0.29, 0.717) is 12.0 Å². The number of hydrogen-bond donors (Lipinski definition) is 1. The Hall–Kier alpha value is -1.38. The van der Waals surface area contributed by atoms with Crippen molar-refractivity contribution >= 4 is 11.8 Å². The van der Waals surface area contributed by atoms with Crippen LogP contribution in [0.5, 0.6) is 0 Å². The van der Waals surface area contributed by atoms with Crippen molar-refractivity contribution in [1.29, 1.82) is 0 Å². The Morgan fingerprint density at radius 3 is 2.70 bits per heavy atom. The summed E-state index contributed by atoms with van der Waals surface area (Å²) in [4.78, 5) is 21.2. The van der Waals surface area contributed by atoms with Gasteiger partial charge in [0.05, 0.1) is 0 Å². The molecule has 2 amide bonds. The molecule has 1 aliphatic rings. The zero-order valence-corrected chi connectivity index (χ0v) is 5.39. The zero-order chi connectivity index (χ0) is 7.56. The fraction of sp³-hybridized carbons (Fsp3) is 0.143. The van der Waals surface area contributed by atoms with Gasteiger partial charge in [-0.2, -0.15) is 0 Å². The Kier molecular flexibility index (Phi) is 1.67. The first kappa shape index (κ1) is 6.74. The quantitative estimate of drug-likeness (QED) is 0.435. The molecule has 3 nitrogen and oxygen atoms in total. The van der Waals surface area contributed by atoms with Crippen molar-refractivity contribution in [3.8, 4) is 0 Å². The molecular weight excluding hydrogens is 130 g/mol. The van der Waals surface area contributed by atoms with Gasteiger partial charge in [0.2, 0.25) is 0 Å². The van der Waals surface area contributed by atoms with Crippen LogP contribution in [0.15, 0.2) is 24.3 Å². The maximum atomic E-state index is 10.7. The monoisotopic (exact) mass is 137 g/mol. The average molecular weight is 137 g/mol. The number of allylic oxidation sites excluding steroid dienone is 1. The average Bonchev–Trinajstić information content (AvgIpc) is 2.13. The van der Waals surface area contributed by atoms with E-state index in [4.69, 9.17) is 0 Å². The fourth-order valence-corrected chi connectivity index (χ4v) is 0.759. The first-order valence-electron chi connectivity index (χ1n) is 2.91. The summed E-state index contributed by atoms with van der Waals surface area (Å²) in [6.07, 6.45) is 3.34. The molecule has 10 heavy (non-hydrogen) atoms. The molecule has 1 heterocycles. The highest BCUT2D eigenvalue weighted by molar-refractivity contribution is 6.16. The first-order chi connectivity index (χ1) is 4.74. The third-order valence-electron chi connectivity index (χ3n) is 1.20. The molecule has 0 aromatic carbocycles. The minimum Gasteiger partial charge on any atom is -0.289 e. The first-order valence-corrected chi connectivity index (χ1v) is 2.91. The molecule has 0 aromatic rings. The van der Waals surface area contributed by atoms with Crippen molar-refractivity contribution in [2.45, 2.75) is 6.42 Å². The topological polar surface area (TPSA) is 46.2 Å². The van der Waals surface area contributed by atoms with E-state index in [1.165, 1.54) is 6.08 Å². The van der Waals surface area contributed by atoms with Crippen LogP contribution in [0.3, 0.4) is 0 Å².